The highest BCUT2D eigenvalue weighted by Crippen LogP contribution is 2.49. The fourth-order valence-corrected chi connectivity index (χ4v) is 2.70. The van der Waals surface area contributed by atoms with Crippen molar-refractivity contribution in [3.8, 4) is 0 Å². The zero-order valence-electron chi connectivity index (χ0n) is 7.43. The topological polar surface area (TPSA) is 34.1 Å². The lowest BCUT2D eigenvalue weighted by molar-refractivity contribution is -0.120. The van der Waals surface area contributed by atoms with Gasteiger partial charge in [0.1, 0.15) is 11.6 Å². The molecule has 0 aromatic rings. The Morgan fingerprint density at radius 3 is 2.50 bits per heavy atom. The van der Waals surface area contributed by atoms with Gasteiger partial charge in [0, 0.05) is 25.2 Å². The normalized spacial score (nSPS) is 41.6. The second-order valence-electron chi connectivity index (χ2n) is 4.46. The Morgan fingerprint density at radius 2 is 2.08 bits per heavy atom. The van der Waals surface area contributed by atoms with Crippen molar-refractivity contribution in [1.82, 2.24) is 0 Å². The van der Waals surface area contributed by atoms with Gasteiger partial charge in [-0.1, -0.05) is 6.92 Å². The van der Waals surface area contributed by atoms with Crippen LogP contribution >= 0.6 is 0 Å². The van der Waals surface area contributed by atoms with Crippen LogP contribution in [0.4, 0.5) is 0 Å². The maximum atomic E-state index is 11.3. The molecule has 0 aromatic heterocycles. The first-order valence-electron chi connectivity index (χ1n) is 4.66. The highest BCUT2D eigenvalue weighted by molar-refractivity contribution is 5.88. The lowest BCUT2D eigenvalue weighted by Gasteiger charge is -2.19. The van der Waals surface area contributed by atoms with Crippen LogP contribution in [0.25, 0.3) is 0 Å². The van der Waals surface area contributed by atoms with E-state index in [0.29, 0.717) is 30.8 Å². The molecule has 0 heterocycles. The number of rotatable bonds is 0. The van der Waals surface area contributed by atoms with Crippen molar-refractivity contribution >= 4 is 11.6 Å². The van der Waals surface area contributed by atoms with Crippen LogP contribution in [0.2, 0.25) is 0 Å². The SMILES string of the molecule is CC1CC2(CCC(=O)C2)CC1=O. The molecular weight excluding hydrogens is 152 g/mol. The summed E-state index contributed by atoms with van der Waals surface area (Å²) in [6.45, 7) is 1.99. The van der Waals surface area contributed by atoms with Crippen molar-refractivity contribution in [2.24, 2.45) is 11.3 Å². The Labute approximate surface area is 72.3 Å². The van der Waals surface area contributed by atoms with Gasteiger partial charge in [-0.15, -0.1) is 0 Å². The first kappa shape index (κ1) is 7.96. The molecule has 2 saturated carbocycles. The van der Waals surface area contributed by atoms with Crippen LogP contribution in [0.5, 0.6) is 0 Å². The van der Waals surface area contributed by atoms with Gasteiger partial charge in [-0.3, -0.25) is 9.59 Å². The Morgan fingerprint density at radius 1 is 1.33 bits per heavy atom. The third-order valence-electron chi connectivity index (χ3n) is 3.34. The molecular formula is C10H14O2. The first-order valence-corrected chi connectivity index (χ1v) is 4.66. The zero-order valence-corrected chi connectivity index (χ0v) is 7.43. The highest BCUT2D eigenvalue weighted by Gasteiger charge is 2.46. The summed E-state index contributed by atoms with van der Waals surface area (Å²) in [5.74, 6) is 0.928. The number of carbonyl (C=O) groups is 2. The van der Waals surface area contributed by atoms with Gasteiger partial charge in [0.15, 0.2) is 0 Å². The van der Waals surface area contributed by atoms with Gasteiger partial charge in [-0.05, 0) is 18.3 Å². The van der Waals surface area contributed by atoms with Gasteiger partial charge >= 0.3 is 0 Å². The average molecular weight is 166 g/mol. The van der Waals surface area contributed by atoms with E-state index in [1.807, 2.05) is 6.92 Å². The van der Waals surface area contributed by atoms with Gasteiger partial charge in [-0.25, -0.2) is 0 Å². The van der Waals surface area contributed by atoms with E-state index in [9.17, 15) is 9.59 Å². The standard InChI is InChI=1S/C10H14O2/c1-7-4-10(6-9(7)12)3-2-8(11)5-10/h7H,2-6H2,1H3. The van der Waals surface area contributed by atoms with E-state index in [2.05, 4.69) is 0 Å². The third-order valence-corrected chi connectivity index (χ3v) is 3.34. The van der Waals surface area contributed by atoms with Crippen LogP contribution in [0, 0.1) is 11.3 Å². The molecule has 2 heteroatoms. The molecule has 2 aliphatic rings. The van der Waals surface area contributed by atoms with Crippen molar-refractivity contribution in [2.45, 2.75) is 39.0 Å². The number of Topliss-reactive ketones (excluding diaryl/α,β-unsaturated/α-hetero) is 2. The Balaban J connectivity index is 2.15. The fourth-order valence-electron chi connectivity index (χ4n) is 2.70. The minimum atomic E-state index is 0.105. The lowest BCUT2D eigenvalue weighted by atomic mass is 9.84. The Bertz CT molecular complexity index is 244. The number of carbonyl (C=O) groups excluding carboxylic acids is 2. The molecule has 2 aliphatic carbocycles. The zero-order chi connectivity index (χ0) is 8.77. The summed E-state index contributed by atoms with van der Waals surface area (Å²) < 4.78 is 0. The smallest absolute Gasteiger partial charge is 0.136 e. The molecule has 0 saturated heterocycles. The number of hydrogen-bond donors (Lipinski definition) is 0. The predicted molar refractivity (Wildman–Crippen MR) is 44.7 cm³/mol. The minimum Gasteiger partial charge on any atom is -0.300 e. The van der Waals surface area contributed by atoms with E-state index in [4.69, 9.17) is 0 Å². The second-order valence-corrected chi connectivity index (χ2v) is 4.46. The summed E-state index contributed by atoms with van der Waals surface area (Å²) >= 11 is 0. The maximum Gasteiger partial charge on any atom is 0.136 e. The third kappa shape index (κ3) is 1.10. The molecule has 2 rings (SSSR count). The second kappa shape index (κ2) is 2.41. The minimum absolute atomic E-state index is 0.105. The van der Waals surface area contributed by atoms with Crippen molar-refractivity contribution in [3.05, 3.63) is 0 Å². The van der Waals surface area contributed by atoms with Crippen molar-refractivity contribution in [3.63, 3.8) is 0 Å². The predicted octanol–water partition coefficient (Wildman–Crippen LogP) is 1.72. The van der Waals surface area contributed by atoms with E-state index in [1.54, 1.807) is 0 Å². The summed E-state index contributed by atoms with van der Waals surface area (Å²) in [6, 6.07) is 0. The average Bonchev–Trinajstić information content (AvgIpc) is 2.42. The van der Waals surface area contributed by atoms with E-state index in [0.717, 1.165) is 12.8 Å². The maximum absolute atomic E-state index is 11.3. The van der Waals surface area contributed by atoms with E-state index >= 15 is 0 Å². The highest BCUT2D eigenvalue weighted by atomic mass is 16.1. The van der Waals surface area contributed by atoms with E-state index in [1.165, 1.54) is 0 Å². The van der Waals surface area contributed by atoms with Gasteiger partial charge in [0.2, 0.25) is 0 Å². The summed E-state index contributed by atoms with van der Waals surface area (Å²) in [4.78, 5) is 22.4. The van der Waals surface area contributed by atoms with Crippen molar-refractivity contribution < 1.29 is 9.59 Å². The summed E-state index contributed by atoms with van der Waals surface area (Å²) in [7, 11) is 0. The van der Waals surface area contributed by atoms with Crippen LogP contribution in [-0.4, -0.2) is 11.6 Å². The molecule has 0 radical (unpaired) electrons. The molecule has 2 nitrogen and oxygen atoms in total. The van der Waals surface area contributed by atoms with Crippen LogP contribution in [0.15, 0.2) is 0 Å². The van der Waals surface area contributed by atoms with E-state index < -0.39 is 0 Å². The molecule has 0 amide bonds. The molecule has 2 unspecified atom stereocenters. The molecule has 0 aliphatic heterocycles. The molecule has 12 heavy (non-hydrogen) atoms. The van der Waals surface area contributed by atoms with Crippen LogP contribution in [0.3, 0.4) is 0 Å². The molecule has 2 atom stereocenters. The van der Waals surface area contributed by atoms with Crippen molar-refractivity contribution in [2.75, 3.05) is 0 Å². The molecule has 0 bridgehead atoms. The quantitative estimate of drug-likeness (QED) is 0.549. The van der Waals surface area contributed by atoms with Crippen molar-refractivity contribution in [1.29, 1.82) is 0 Å². The van der Waals surface area contributed by atoms with Crippen LogP contribution < -0.4 is 0 Å². The summed E-state index contributed by atoms with van der Waals surface area (Å²) in [5, 5.41) is 0. The van der Waals surface area contributed by atoms with Crippen LogP contribution in [-0.2, 0) is 9.59 Å². The van der Waals surface area contributed by atoms with Gasteiger partial charge in [-0.2, -0.15) is 0 Å². The monoisotopic (exact) mass is 166 g/mol. The fraction of sp³-hybridized carbons (Fsp3) is 0.800. The molecule has 0 N–H and O–H groups in total. The van der Waals surface area contributed by atoms with Crippen LogP contribution in [0.1, 0.15) is 39.0 Å². The van der Waals surface area contributed by atoms with Gasteiger partial charge < -0.3 is 0 Å². The van der Waals surface area contributed by atoms with Gasteiger partial charge in [0.05, 0.1) is 0 Å². The molecule has 2 fully saturated rings. The molecule has 1 spiro atoms. The Hall–Kier alpha value is -0.660. The molecule has 0 aromatic carbocycles. The molecule has 66 valence electrons. The number of hydrogen-bond acceptors (Lipinski definition) is 2. The summed E-state index contributed by atoms with van der Waals surface area (Å²) in [6.07, 6.45) is 3.96. The largest absolute Gasteiger partial charge is 0.300 e. The van der Waals surface area contributed by atoms with E-state index in [-0.39, 0.29) is 11.3 Å². The summed E-state index contributed by atoms with van der Waals surface area (Å²) in [5.41, 5.74) is 0.105. The Kier molecular flexibility index (Phi) is 1.60. The lowest BCUT2D eigenvalue weighted by Crippen LogP contribution is -2.12. The first-order chi connectivity index (χ1) is 5.61. The number of ketones is 2. The van der Waals surface area contributed by atoms with Gasteiger partial charge in [0.25, 0.3) is 0 Å².